The van der Waals surface area contributed by atoms with Gasteiger partial charge in [-0.3, -0.25) is 4.99 Å². The number of halogens is 1. The van der Waals surface area contributed by atoms with Crippen molar-refractivity contribution in [2.75, 3.05) is 26.9 Å². The minimum atomic E-state index is 0. The monoisotopic (exact) mass is 531 g/mol. The molecule has 29 heavy (non-hydrogen) atoms. The topological polar surface area (TPSA) is 63.3 Å². The van der Waals surface area contributed by atoms with Gasteiger partial charge in [0.1, 0.15) is 5.82 Å². The van der Waals surface area contributed by atoms with E-state index >= 15 is 0 Å². The van der Waals surface area contributed by atoms with Crippen molar-refractivity contribution in [3.8, 4) is 0 Å². The molecule has 0 spiro atoms. The van der Waals surface area contributed by atoms with E-state index in [-0.39, 0.29) is 24.0 Å². The van der Waals surface area contributed by atoms with Crippen molar-refractivity contribution in [1.29, 1.82) is 0 Å². The maximum Gasteiger partial charge on any atom is 0.193 e. The number of hydrogen-bond acceptors (Lipinski definition) is 4. The average molecular weight is 532 g/mol. The molecular formula is C20H34IN7S. The summed E-state index contributed by atoms with van der Waals surface area (Å²) in [6.45, 7) is 1.70. The zero-order valence-corrected chi connectivity index (χ0v) is 21.1. The molecule has 1 aliphatic carbocycles. The minimum absolute atomic E-state index is 0. The smallest absolute Gasteiger partial charge is 0.193 e. The summed E-state index contributed by atoms with van der Waals surface area (Å²) in [5, 5.41) is 13.4. The quantitative estimate of drug-likeness (QED) is 0.185. The standard InChI is InChI=1S/C20H33N7S.HI/c1-21-19(26(3)15-17-11-8-14-25(17)2)22-13-7-12-18-23-24-20(28-4)27(18)16-9-5-6-10-16;/h8,11,14,16H,5-7,9-10,12-13,15H2,1-4H3,(H,21,22);1H. The minimum Gasteiger partial charge on any atom is -0.356 e. The molecule has 162 valence electrons. The number of nitrogens with one attached hydrogen (secondary N) is 1. The largest absolute Gasteiger partial charge is 0.356 e. The number of aliphatic imine (C=N–C) groups is 1. The summed E-state index contributed by atoms with van der Waals surface area (Å²) >= 11 is 1.70. The Morgan fingerprint density at radius 3 is 2.72 bits per heavy atom. The first-order valence-electron chi connectivity index (χ1n) is 10.1. The molecule has 0 aliphatic heterocycles. The number of aryl methyl sites for hydroxylation is 2. The van der Waals surface area contributed by atoms with Crippen LogP contribution in [0.15, 0.2) is 28.5 Å². The number of rotatable bonds is 8. The van der Waals surface area contributed by atoms with Gasteiger partial charge in [0.25, 0.3) is 0 Å². The van der Waals surface area contributed by atoms with Crippen molar-refractivity contribution >= 4 is 41.7 Å². The summed E-state index contributed by atoms with van der Waals surface area (Å²) in [7, 11) is 5.98. The molecule has 1 aliphatic rings. The van der Waals surface area contributed by atoms with Crippen LogP contribution in [0.4, 0.5) is 0 Å². The van der Waals surface area contributed by atoms with E-state index in [1.54, 1.807) is 11.8 Å². The Labute approximate surface area is 195 Å². The van der Waals surface area contributed by atoms with Crippen LogP contribution in [0.1, 0.15) is 49.7 Å². The van der Waals surface area contributed by atoms with Crippen LogP contribution in [0.3, 0.4) is 0 Å². The lowest BCUT2D eigenvalue weighted by atomic mass is 10.2. The van der Waals surface area contributed by atoms with Gasteiger partial charge in [0.2, 0.25) is 0 Å². The third kappa shape index (κ3) is 6.13. The van der Waals surface area contributed by atoms with Gasteiger partial charge in [-0.2, -0.15) is 0 Å². The normalized spacial score (nSPS) is 14.8. The lowest BCUT2D eigenvalue weighted by molar-refractivity contribution is 0.453. The van der Waals surface area contributed by atoms with E-state index in [1.807, 2.05) is 7.05 Å². The highest BCUT2D eigenvalue weighted by Crippen LogP contribution is 2.33. The van der Waals surface area contributed by atoms with E-state index in [9.17, 15) is 0 Å². The third-order valence-electron chi connectivity index (χ3n) is 5.49. The molecule has 0 bridgehead atoms. The van der Waals surface area contributed by atoms with E-state index in [2.05, 4.69) is 73.2 Å². The Morgan fingerprint density at radius 2 is 2.10 bits per heavy atom. The number of thioether (sulfide) groups is 1. The van der Waals surface area contributed by atoms with Gasteiger partial charge in [0.15, 0.2) is 11.1 Å². The van der Waals surface area contributed by atoms with Crippen LogP contribution in [-0.2, 0) is 20.0 Å². The first-order chi connectivity index (χ1) is 13.6. The van der Waals surface area contributed by atoms with Crippen LogP contribution in [0.2, 0.25) is 0 Å². The van der Waals surface area contributed by atoms with E-state index in [1.165, 1.54) is 31.4 Å². The van der Waals surface area contributed by atoms with E-state index < -0.39 is 0 Å². The predicted molar refractivity (Wildman–Crippen MR) is 131 cm³/mol. The SMILES string of the molecule is CN=C(NCCCc1nnc(SC)n1C1CCCC1)N(C)Cc1cccn1C.I. The molecule has 9 heteroatoms. The summed E-state index contributed by atoms with van der Waals surface area (Å²) in [4.78, 5) is 6.58. The highest BCUT2D eigenvalue weighted by Gasteiger charge is 2.23. The Bertz CT molecular complexity index is 780. The molecule has 3 rings (SSSR count). The second kappa shape index (κ2) is 11.8. The summed E-state index contributed by atoms with van der Waals surface area (Å²) < 4.78 is 4.54. The molecule has 0 unspecified atom stereocenters. The van der Waals surface area contributed by atoms with E-state index in [4.69, 9.17) is 0 Å². The Hall–Kier alpha value is -1.23. The van der Waals surface area contributed by atoms with Crippen molar-refractivity contribution in [2.24, 2.45) is 12.0 Å². The summed E-state index contributed by atoms with van der Waals surface area (Å²) in [6, 6.07) is 4.80. The lowest BCUT2D eigenvalue weighted by Crippen LogP contribution is -2.39. The molecule has 1 N–H and O–H groups in total. The Balaban J connectivity index is 0.00000300. The summed E-state index contributed by atoms with van der Waals surface area (Å²) in [5.74, 6) is 2.05. The second-order valence-electron chi connectivity index (χ2n) is 7.46. The lowest BCUT2D eigenvalue weighted by Gasteiger charge is -2.22. The molecule has 0 atom stereocenters. The van der Waals surface area contributed by atoms with Crippen molar-refractivity contribution in [3.05, 3.63) is 29.8 Å². The average Bonchev–Trinajstić information content (AvgIpc) is 3.43. The molecule has 0 aromatic carbocycles. The van der Waals surface area contributed by atoms with Gasteiger partial charge in [0, 0.05) is 52.0 Å². The predicted octanol–water partition coefficient (Wildman–Crippen LogP) is 3.71. The molecule has 0 amide bonds. The number of nitrogens with zero attached hydrogens (tertiary/aromatic N) is 6. The molecule has 2 heterocycles. The van der Waals surface area contributed by atoms with Crippen LogP contribution < -0.4 is 5.32 Å². The molecule has 2 aromatic heterocycles. The zero-order valence-electron chi connectivity index (χ0n) is 18.0. The third-order valence-corrected chi connectivity index (χ3v) is 6.14. The summed E-state index contributed by atoms with van der Waals surface area (Å²) in [6.07, 6.45) is 11.3. The Kier molecular flexibility index (Phi) is 9.81. The Morgan fingerprint density at radius 1 is 1.34 bits per heavy atom. The van der Waals surface area contributed by atoms with Gasteiger partial charge in [-0.1, -0.05) is 24.6 Å². The highest BCUT2D eigenvalue weighted by molar-refractivity contribution is 14.0. The molecule has 0 radical (unpaired) electrons. The molecule has 1 fully saturated rings. The van der Waals surface area contributed by atoms with Gasteiger partial charge >= 0.3 is 0 Å². The second-order valence-corrected chi connectivity index (χ2v) is 8.23. The molecular weight excluding hydrogens is 497 g/mol. The van der Waals surface area contributed by atoms with Gasteiger partial charge in [-0.25, -0.2) is 0 Å². The highest BCUT2D eigenvalue weighted by atomic mass is 127. The maximum absolute atomic E-state index is 4.48. The van der Waals surface area contributed by atoms with Gasteiger partial charge in [-0.05, 0) is 37.7 Å². The van der Waals surface area contributed by atoms with Gasteiger partial charge < -0.3 is 19.4 Å². The first-order valence-corrected chi connectivity index (χ1v) is 11.4. The van der Waals surface area contributed by atoms with Crippen LogP contribution in [0.5, 0.6) is 0 Å². The van der Waals surface area contributed by atoms with E-state index in [0.717, 1.165) is 42.9 Å². The molecule has 2 aromatic rings. The molecule has 1 saturated carbocycles. The summed E-state index contributed by atoms with van der Waals surface area (Å²) in [5.41, 5.74) is 1.26. The van der Waals surface area contributed by atoms with Crippen molar-refractivity contribution in [3.63, 3.8) is 0 Å². The first kappa shape index (κ1) is 24.0. The van der Waals surface area contributed by atoms with Crippen LogP contribution in [-0.4, -0.2) is 57.1 Å². The fraction of sp³-hybridized carbons (Fsp3) is 0.650. The number of guanidine groups is 1. The van der Waals surface area contributed by atoms with Crippen molar-refractivity contribution in [1.82, 2.24) is 29.5 Å². The number of aromatic nitrogens is 4. The van der Waals surface area contributed by atoms with E-state index in [0.29, 0.717) is 6.04 Å². The van der Waals surface area contributed by atoms with Crippen molar-refractivity contribution < 1.29 is 0 Å². The molecule has 7 nitrogen and oxygen atoms in total. The zero-order chi connectivity index (χ0) is 19.9. The fourth-order valence-electron chi connectivity index (χ4n) is 3.96. The van der Waals surface area contributed by atoms with Gasteiger partial charge in [0.05, 0.1) is 6.54 Å². The van der Waals surface area contributed by atoms with Gasteiger partial charge in [-0.15, -0.1) is 34.2 Å². The van der Waals surface area contributed by atoms with Crippen LogP contribution in [0.25, 0.3) is 0 Å². The van der Waals surface area contributed by atoms with Crippen LogP contribution in [0, 0.1) is 0 Å². The maximum atomic E-state index is 4.48. The number of hydrogen-bond donors (Lipinski definition) is 1. The van der Waals surface area contributed by atoms with Crippen molar-refractivity contribution in [2.45, 2.75) is 56.3 Å². The molecule has 0 saturated heterocycles. The fourth-order valence-corrected chi connectivity index (χ4v) is 4.53. The van der Waals surface area contributed by atoms with Crippen LogP contribution >= 0.6 is 35.7 Å².